The lowest BCUT2D eigenvalue weighted by Crippen LogP contribution is -2.07. The van der Waals surface area contributed by atoms with Crippen LogP contribution < -0.4 is 5.73 Å². The predicted molar refractivity (Wildman–Crippen MR) is 82.2 cm³/mol. The standard InChI is InChI=1S/C16H17NO2S/c1-10-6-4-5-7-14(10)20-12-8-11(2)15(17)13(9-12)16(18)19-3/h4-9H,17H2,1-3H3. The summed E-state index contributed by atoms with van der Waals surface area (Å²) in [5.41, 5.74) is 8.92. The number of nitrogens with two attached hydrogens (primary N) is 1. The molecule has 0 aromatic heterocycles. The summed E-state index contributed by atoms with van der Waals surface area (Å²) >= 11 is 1.62. The summed E-state index contributed by atoms with van der Waals surface area (Å²) in [7, 11) is 1.36. The van der Waals surface area contributed by atoms with Gasteiger partial charge in [0, 0.05) is 15.5 Å². The van der Waals surface area contributed by atoms with Gasteiger partial charge in [0.25, 0.3) is 0 Å². The molecule has 0 bridgehead atoms. The van der Waals surface area contributed by atoms with Crippen molar-refractivity contribution in [1.29, 1.82) is 0 Å². The van der Waals surface area contributed by atoms with E-state index in [0.29, 0.717) is 11.3 Å². The van der Waals surface area contributed by atoms with Crippen molar-refractivity contribution in [2.45, 2.75) is 23.6 Å². The second-order valence-electron chi connectivity index (χ2n) is 4.56. The number of ether oxygens (including phenoxy) is 1. The third kappa shape index (κ3) is 2.96. The van der Waals surface area contributed by atoms with Gasteiger partial charge in [0.2, 0.25) is 0 Å². The largest absolute Gasteiger partial charge is 0.465 e. The Morgan fingerprint density at radius 2 is 1.85 bits per heavy atom. The maximum atomic E-state index is 11.7. The average molecular weight is 287 g/mol. The zero-order chi connectivity index (χ0) is 14.7. The summed E-state index contributed by atoms with van der Waals surface area (Å²) in [6, 6.07) is 11.9. The first kappa shape index (κ1) is 14.5. The lowest BCUT2D eigenvalue weighted by atomic mass is 10.1. The highest BCUT2D eigenvalue weighted by molar-refractivity contribution is 7.99. The number of carbonyl (C=O) groups is 1. The number of methoxy groups -OCH3 is 1. The van der Waals surface area contributed by atoms with Crippen molar-refractivity contribution in [3.8, 4) is 0 Å². The minimum atomic E-state index is -0.405. The Hall–Kier alpha value is -1.94. The maximum absolute atomic E-state index is 11.7. The molecule has 0 atom stereocenters. The van der Waals surface area contributed by atoms with E-state index in [1.165, 1.54) is 12.7 Å². The van der Waals surface area contributed by atoms with Crippen molar-refractivity contribution < 1.29 is 9.53 Å². The fraction of sp³-hybridized carbons (Fsp3) is 0.188. The molecule has 2 N–H and O–H groups in total. The van der Waals surface area contributed by atoms with Gasteiger partial charge in [-0.3, -0.25) is 0 Å². The minimum Gasteiger partial charge on any atom is -0.465 e. The Bertz CT molecular complexity index is 653. The number of hydrogen-bond donors (Lipinski definition) is 1. The number of anilines is 1. The van der Waals surface area contributed by atoms with Crippen molar-refractivity contribution in [3.63, 3.8) is 0 Å². The molecule has 104 valence electrons. The van der Waals surface area contributed by atoms with Crippen molar-refractivity contribution in [1.82, 2.24) is 0 Å². The highest BCUT2D eigenvalue weighted by Gasteiger charge is 2.14. The van der Waals surface area contributed by atoms with Gasteiger partial charge in [0.1, 0.15) is 0 Å². The Morgan fingerprint density at radius 3 is 2.50 bits per heavy atom. The Morgan fingerprint density at radius 1 is 1.15 bits per heavy atom. The third-order valence-corrected chi connectivity index (χ3v) is 4.24. The molecule has 4 heteroatoms. The highest BCUT2D eigenvalue weighted by Crippen LogP contribution is 2.33. The van der Waals surface area contributed by atoms with Crippen LogP contribution in [0.1, 0.15) is 21.5 Å². The molecule has 0 aliphatic carbocycles. The van der Waals surface area contributed by atoms with Gasteiger partial charge < -0.3 is 10.5 Å². The van der Waals surface area contributed by atoms with Gasteiger partial charge in [-0.15, -0.1) is 0 Å². The molecule has 3 nitrogen and oxygen atoms in total. The number of aryl methyl sites for hydroxylation is 2. The topological polar surface area (TPSA) is 52.3 Å². The van der Waals surface area contributed by atoms with Crippen LogP contribution in [0, 0.1) is 13.8 Å². The van der Waals surface area contributed by atoms with Gasteiger partial charge in [-0.05, 0) is 43.2 Å². The molecule has 20 heavy (non-hydrogen) atoms. The van der Waals surface area contributed by atoms with E-state index in [1.54, 1.807) is 17.8 Å². The molecule has 0 heterocycles. The zero-order valence-electron chi connectivity index (χ0n) is 11.8. The Kier molecular flexibility index (Phi) is 4.35. The number of rotatable bonds is 3. The van der Waals surface area contributed by atoms with Gasteiger partial charge in [-0.25, -0.2) is 4.79 Å². The number of hydrogen-bond acceptors (Lipinski definition) is 4. The minimum absolute atomic E-state index is 0.405. The molecule has 0 aliphatic rings. The van der Waals surface area contributed by atoms with E-state index in [-0.39, 0.29) is 0 Å². The fourth-order valence-corrected chi connectivity index (χ4v) is 2.94. The number of nitrogen functional groups attached to an aromatic ring is 1. The summed E-state index contributed by atoms with van der Waals surface area (Å²) in [5.74, 6) is -0.405. The molecule has 0 radical (unpaired) electrons. The molecular weight excluding hydrogens is 270 g/mol. The van der Waals surface area contributed by atoms with E-state index in [0.717, 1.165) is 15.4 Å². The van der Waals surface area contributed by atoms with Crippen LogP contribution in [0.25, 0.3) is 0 Å². The highest BCUT2D eigenvalue weighted by atomic mass is 32.2. The summed E-state index contributed by atoms with van der Waals surface area (Å²) in [4.78, 5) is 13.9. The molecule has 0 saturated heterocycles. The van der Waals surface area contributed by atoms with Crippen molar-refractivity contribution >= 4 is 23.4 Å². The lowest BCUT2D eigenvalue weighted by Gasteiger charge is -2.11. The molecule has 2 aromatic rings. The van der Waals surface area contributed by atoms with Crippen molar-refractivity contribution in [2.24, 2.45) is 0 Å². The van der Waals surface area contributed by atoms with E-state index < -0.39 is 5.97 Å². The van der Waals surface area contributed by atoms with Crippen LogP contribution in [-0.4, -0.2) is 13.1 Å². The smallest absolute Gasteiger partial charge is 0.340 e. The van der Waals surface area contributed by atoms with Gasteiger partial charge in [-0.2, -0.15) is 0 Å². The normalized spacial score (nSPS) is 10.3. The van der Waals surface area contributed by atoms with E-state index >= 15 is 0 Å². The van der Waals surface area contributed by atoms with Crippen LogP contribution in [0.3, 0.4) is 0 Å². The predicted octanol–water partition coefficient (Wildman–Crippen LogP) is 3.82. The summed E-state index contributed by atoms with van der Waals surface area (Å²) in [6.07, 6.45) is 0. The number of esters is 1. The second kappa shape index (κ2) is 6.01. The monoisotopic (exact) mass is 287 g/mol. The van der Waals surface area contributed by atoms with Crippen LogP contribution in [0.4, 0.5) is 5.69 Å². The molecular formula is C16H17NO2S. The first-order valence-corrected chi connectivity index (χ1v) is 7.06. The molecule has 0 unspecified atom stereocenters. The Balaban J connectivity index is 2.41. The van der Waals surface area contributed by atoms with E-state index in [1.807, 2.05) is 25.1 Å². The molecule has 0 spiro atoms. The molecule has 2 aromatic carbocycles. The van der Waals surface area contributed by atoms with Crippen LogP contribution >= 0.6 is 11.8 Å². The first-order valence-electron chi connectivity index (χ1n) is 6.25. The maximum Gasteiger partial charge on any atom is 0.340 e. The molecule has 0 aliphatic heterocycles. The summed E-state index contributed by atoms with van der Waals surface area (Å²) < 4.78 is 4.77. The van der Waals surface area contributed by atoms with E-state index in [9.17, 15) is 4.79 Å². The molecule has 2 rings (SSSR count). The number of carbonyl (C=O) groups excluding carboxylic acids is 1. The van der Waals surface area contributed by atoms with Crippen LogP contribution in [0.15, 0.2) is 46.2 Å². The van der Waals surface area contributed by atoms with E-state index in [4.69, 9.17) is 10.5 Å². The molecule has 0 saturated carbocycles. The molecule has 0 amide bonds. The fourth-order valence-electron chi connectivity index (χ4n) is 1.90. The van der Waals surface area contributed by atoms with Gasteiger partial charge in [-0.1, -0.05) is 30.0 Å². The number of benzene rings is 2. The van der Waals surface area contributed by atoms with Crippen LogP contribution in [-0.2, 0) is 4.74 Å². The SMILES string of the molecule is COC(=O)c1cc(Sc2ccccc2C)cc(C)c1N. The zero-order valence-corrected chi connectivity index (χ0v) is 12.6. The third-order valence-electron chi connectivity index (χ3n) is 3.09. The quantitative estimate of drug-likeness (QED) is 0.688. The van der Waals surface area contributed by atoms with Gasteiger partial charge in [0.05, 0.1) is 12.7 Å². The van der Waals surface area contributed by atoms with Gasteiger partial charge in [0.15, 0.2) is 0 Å². The Labute approximate surface area is 123 Å². The van der Waals surface area contributed by atoms with Crippen LogP contribution in [0.2, 0.25) is 0 Å². The van der Waals surface area contributed by atoms with Crippen molar-refractivity contribution in [3.05, 3.63) is 53.1 Å². The first-order chi connectivity index (χ1) is 9.52. The lowest BCUT2D eigenvalue weighted by molar-refractivity contribution is 0.0601. The average Bonchev–Trinajstić information content (AvgIpc) is 2.44. The van der Waals surface area contributed by atoms with Gasteiger partial charge >= 0.3 is 5.97 Å². The summed E-state index contributed by atoms with van der Waals surface area (Å²) in [6.45, 7) is 3.96. The summed E-state index contributed by atoms with van der Waals surface area (Å²) in [5, 5.41) is 0. The second-order valence-corrected chi connectivity index (χ2v) is 5.68. The van der Waals surface area contributed by atoms with Crippen LogP contribution in [0.5, 0.6) is 0 Å². The van der Waals surface area contributed by atoms with Crippen molar-refractivity contribution in [2.75, 3.05) is 12.8 Å². The van der Waals surface area contributed by atoms with E-state index in [2.05, 4.69) is 19.1 Å². The molecule has 0 fully saturated rings.